The Hall–Kier alpha value is -1.58. The molecule has 1 aliphatic rings. The first-order valence-electron chi connectivity index (χ1n) is 8.08. The first-order valence-corrected chi connectivity index (χ1v) is 8.08. The molecule has 0 aromatic carbocycles. The van der Waals surface area contributed by atoms with Crippen LogP contribution in [0.15, 0.2) is 12.3 Å². The maximum Gasteiger partial charge on any atom is 0.255 e. The van der Waals surface area contributed by atoms with Gasteiger partial charge in [0.2, 0.25) is 0 Å². The number of anilines is 1. The molecule has 1 aromatic rings. The molecule has 0 spiro atoms. The van der Waals surface area contributed by atoms with E-state index in [1.54, 1.807) is 6.20 Å². The highest BCUT2D eigenvalue weighted by molar-refractivity contribution is 5.99. The predicted molar refractivity (Wildman–Crippen MR) is 86.6 cm³/mol. The Morgan fingerprint density at radius 3 is 2.76 bits per heavy atom. The first-order chi connectivity index (χ1) is 10.1. The Morgan fingerprint density at radius 1 is 1.38 bits per heavy atom. The summed E-state index contributed by atoms with van der Waals surface area (Å²) in [6.45, 7) is 9.25. The smallest absolute Gasteiger partial charge is 0.255 e. The summed E-state index contributed by atoms with van der Waals surface area (Å²) in [6.07, 6.45) is 5.18. The van der Waals surface area contributed by atoms with Crippen LogP contribution < -0.4 is 10.6 Å². The molecule has 116 valence electrons. The number of carbonyl (C=O) groups is 1. The van der Waals surface area contributed by atoms with Crippen LogP contribution in [0.3, 0.4) is 0 Å². The van der Waals surface area contributed by atoms with Crippen molar-refractivity contribution in [2.75, 3.05) is 11.9 Å². The maximum absolute atomic E-state index is 12.6. The highest BCUT2D eigenvalue weighted by Crippen LogP contribution is 2.34. The van der Waals surface area contributed by atoms with Crippen molar-refractivity contribution >= 4 is 11.6 Å². The summed E-state index contributed by atoms with van der Waals surface area (Å²) in [4.78, 5) is 16.8. The van der Waals surface area contributed by atoms with E-state index in [9.17, 15) is 4.79 Å². The molecule has 0 saturated heterocycles. The van der Waals surface area contributed by atoms with Gasteiger partial charge in [0.05, 0.1) is 11.3 Å². The molecule has 4 nitrogen and oxygen atoms in total. The Bertz CT molecular complexity index is 501. The largest absolute Gasteiger partial charge is 0.385 e. The van der Waals surface area contributed by atoms with Crippen molar-refractivity contribution in [3.63, 3.8) is 0 Å². The summed E-state index contributed by atoms with van der Waals surface area (Å²) in [7, 11) is 0. The van der Waals surface area contributed by atoms with Crippen LogP contribution in [0.2, 0.25) is 0 Å². The second-order valence-electron chi connectivity index (χ2n) is 6.09. The Morgan fingerprint density at radius 2 is 2.14 bits per heavy atom. The molecule has 0 radical (unpaired) electrons. The molecule has 1 aliphatic carbocycles. The minimum atomic E-state index is -0.00736. The van der Waals surface area contributed by atoms with Gasteiger partial charge in [-0.3, -0.25) is 9.78 Å². The lowest BCUT2D eigenvalue weighted by molar-refractivity contribution is 0.0927. The fourth-order valence-corrected chi connectivity index (χ4v) is 3.35. The molecule has 3 atom stereocenters. The Balaban J connectivity index is 2.10. The van der Waals surface area contributed by atoms with Crippen LogP contribution >= 0.6 is 0 Å². The number of hydrogen-bond donors (Lipinski definition) is 2. The van der Waals surface area contributed by atoms with Gasteiger partial charge in [-0.05, 0) is 44.6 Å². The minimum Gasteiger partial charge on any atom is -0.385 e. The Kier molecular flexibility index (Phi) is 5.21. The van der Waals surface area contributed by atoms with E-state index in [0.717, 1.165) is 30.3 Å². The van der Waals surface area contributed by atoms with E-state index in [2.05, 4.69) is 29.5 Å². The molecule has 2 rings (SSSR count). The van der Waals surface area contributed by atoms with Crippen LogP contribution in [-0.4, -0.2) is 23.5 Å². The SMILES string of the molecule is CCNc1cc(C)ncc1C(=O)NC1CCC(CC)C1C. The van der Waals surface area contributed by atoms with Crippen molar-refractivity contribution in [2.24, 2.45) is 11.8 Å². The number of pyridine rings is 1. The van der Waals surface area contributed by atoms with Gasteiger partial charge in [-0.15, -0.1) is 0 Å². The van der Waals surface area contributed by atoms with Gasteiger partial charge in [-0.2, -0.15) is 0 Å². The molecule has 1 heterocycles. The van der Waals surface area contributed by atoms with E-state index in [1.165, 1.54) is 12.8 Å². The van der Waals surface area contributed by atoms with Gasteiger partial charge in [-0.25, -0.2) is 0 Å². The summed E-state index contributed by atoms with van der Waals surface area (Å²) in [6, 6.07) is 2.23. The molecule has 0 bridgehead atoms. The molecule has 1 aromatic heterocycles. The van der Waals surface area contributed by atoms with Gasteiger partial charge in [0.15, 0.2) is 0 Å². The number of carbonyl (C=O) groups excluding carboxylic acids is 1. The van der Waals surface area contributed by atoms with Gasteiger partial charge in [0, 0.05) is 24.5 Å². The minimum absolute atomic E-state index is 0.00736. The van der Waals surface area contributed by atoms with Gasteiger partial charge in [0.1, 0.15) is 0 Å². The predicted octanol–water partition coefficient (Wildman–Crippen LogP) is 3.38. The van der Waals surface area contributed by atoms with Gasteiger partial charge >= 0.3 is 0 Å². The molecular weight excluding hydrogens is 262 g/mol. The molecule has 1 saturated carbocycles. The summed E-state index contributed by atoms with van der Waals surface area (Å²) < 4.78 is 0. The van der Waals surface area contributed by atoms with Crippen LogP contribution in [0.5, 0.6) is 0 Å². The summed E-state index contributed by atoms with van der Waals surface area (Å²) in [5, 5.41) is 6.46. The number of nitrogens with zero attached hydrogens (tertiary/aromatic N) is 1. The van der Waals surface area contributed by atoms with Crippen LogP contribution in [0.4, 0.5) is 5.69 Å². The lowest BCUT2D eigenvalue weighted by atomic mass is 9.93. The number of aromatic nitrogens is 1. The summed E-state index contributed by atoms with van der Waals surface area (Å²) in [5.41, 5.74) is 2.44. The molecule has 1 fully saturated rings. The van der Waals surface area contributed by atoms with Gasteiger partial charge in [0.25, 0.3) is 5.91 Å². The first kappa shape index (κ1) is 15.8. The maximum atomic E-state index is 12.6. The van der Waals surface area contributed by atoms with Crippen LogP contribution in [0.1, 0.15) is 56.1 Å². The molecule has 1 amide bonds. The molecule has 4 heteroatoms. The molecule has 0 aliphatic heterocycles. The Labute approximate surface area is 127 Å². The van der Waals surface area contributed by atoms with Crippen molar-refractivity contribution in [3.05, 3.63) is 23.5 Å². The number of nitrogens with one attached hydrogen (secondary N) is 2. The normalized spacial score (nSPS) is 24.9. The van der Waals surface area contributed by atoms with E-state index in [1.807, 2.05) is 19.9 Å². The van der Waals surface area contributed by atoms with Gasteiger partial charge < -0.3 is 10.6 Å². The average molecular weight is 289 g/mol. The van der Waals surface area contributed by atoms with Crippen LogP contribution in [0.25, 0.3) is 0 Å². The lowest BCUT2D eigenvalue weighted by Gasteiger charge is -2.21. The third-order valence-electron chi connectivity index (χ3n) is 4.72. The topological polar surface area (TPSA) is 54.0 Å². The summed E-state index contributed by atoms with van der Waals surface area (Å²) >= 11 is 0. The van der Waals surface area contributed by atoms with Crippen molar-refractivity contribution in [1.29, 1.82) is 0 Å². The zero-order valence-electron chi connectivity index (χ0n) is 13.6. The van der Waals surface area contributed by atoms with E-state index < -0.39 is 0 Å². The number of aryl methyl sites for hydroxylation is 1. The van der Waals surface area contributed by atoms with Crippen molar-refractivity contribution in [2.45, 2.75) is 53.0 Å². The standard InChI is InChI=1S/C17H27N3O/c1-5-13-7-8-15(12(13)4)20-17(21)14-10-19-11(3)9-16(14)18-6-2/h9-10,12-13,15H,5-8H2,1-4H3,(H,18,19)(H,20,21). The number of hydrogen-bond acceptors (Lipinski definition) is 3. The van der Waals surface area contributed by atoms with Gasteiger partial charge in [-0.1, -0.05) is 20.3 Å². The van der Waals surface area contributed by atoms with E-state index in [0.29, 0.717) is 17.5 Å². The van der Waals surface area contributed by atoms with Crippen molar-refractivity contribution in [1.82, 2.24) is 10.3 Å². The van der Waals surface area contributed by atoms with Crippen molar-refractivity contribution < 1.29 is 4.79 Å². The van der Waals surface area contributed by atoms with Crippen LogP contribution in [-0.2, 0) is 0 Å². The number of amides is 1. The molecule has 3 unspecified atom stereocenters. The third-order valence-corrected chi connectivity index (χ3v) is 4.72. The van der Waals surface area contributed by atoms with E-state index >= 15 is 0 Å². The lowest BCUT2D eigenvalue weighted by Crippen LogP contribution is -2.37. The zero-order chi connectivity index (χ0) is 15.4. The highest BCUT2D eigenvalue weighted by atomic mass is 16.1. The second kappa shape index (κ2) is 6.92. The fraction of sp³-hybridized carbons (Fsp3) is 0.647. The second-order valence-corrected chi connectivity index (χ2v) is 6.09. The van der Waals surface area contributed by atoms with E-state index in [-0.39, 0.29) is 5.91 Å². The highest BCUT2D eigenvalue weighted by Gasteiger charge is 2.32. The number of rotatable bonds is 5. The quantitative estimate of drug-likeness (QED) is 0.873. The average Bonchev–Trinajstić information content (AvgIpc) is 2.80. The van der Waals surface area contributed by atoms with Crippen molar-refractivity contribution in [3.8, 4) is 0 Å². The van der Waals surface area contributed by atoms with Crippen LogP contribution in [0, 0.1) is 18.8 Å². The third kappa shape index (κ3) is 3.55. The fourth-order valence-electron chi connectivity index (χ4n) is 3.35. The molecule has 2 N–H and O–H groups in total. The zero-order valence-corrected chi connectivity index (χ0v) is 13.6. The van der Waals surface area contributed by atoms with E-state index in [4.69, 9.17) is 0 Å². The monoisotopic (exact) mass is 289 g/mol. The summed E-state index contributed by atoms with van der Waals surface area (Å²) in [5.74, 6) is 1.28. The molecular formula is C17H27N3O. The molecule has 21 heavy (non-hydrogen) atoms.